The molecule has 11 heavy (non-hydrogen) atoms. The summed E-state index contributed by atoms with van der Waals surface area (Å²) in [7, 11) is 0. The smallest absolute Gasteiger partial charge is 0.300 e. The summed E-state index contributed by atoms with van der Waals surface area (Å²) < 4.78 is 30.3. The lowest BCUT2D eigenvalue weighted by Crippen LogP contribution is -2.53. The van der Waals surface area contributed by atoms with Crippen LogP contribution in [0.25, 0.3) is 0 Å². The molecular weight excluding hydrogens is 156 g/mol. The van der Waals surface area contributed by atoms with Crippen LogP contribution in [0.4, 0.5) is 8.78 Å². The molecule has 1 heterocycles. The van der Waals surface area contributed by atoms with Crippen molar-refractivity contribution in [2.24, 2.45) is 5.73 Å². The Labute approximate surface area is 63.1 Å². The number of aliphatic hydroxyl groups is 1. The van der Waals surface area contributed by atoms with Crippen LogP contribution in [0.5, 0.6) is 0 Å². The van der Waals surface area contributed by atoms with E-state index in [0.29, 0.717) is 0 Å². The highest BCUT2D eigenvalue weighted by atomic mass is 19.3. The topological polar surface area (TPSA) is 55.5 Å². The van der Waals surface area contributed by atoms with E-state index >= 15 is 0 Å². The second-order valence-corrected chi connectivity index (χ2v) is 2.57. The van der Waals surface area contributed by atoms with E-state index in [4.69, 9.17) is 10.8 Å². The number of ether oxygens (including phenoxy) is 1. The number of hydrogen-bond donors (Lipinski definition) is 2. The summed E-state index contributed by atoms with van der Waals surface area (Å²) >= 11 is 0. The molecule has 0 aromatic rings. The molecule has 0 spiro atoms. The summed E-state index contributed by atoms with van der Waals surface area (Å²) in [6, 6.07) is 0. The lowest BCUT2D eigenvalue weighted by molar-refractivity contribution is -0.224. The van der Waals surface area contributed by atoms with E-state index in [-0.39, 0.29) is 19.6 Å². The first-order valence-electron chi connectivity index (χ1n) is 3.46. The van der Waals surface area contributed by atoms with Gasteiger partial charge in [0.25, 0.3) is 5.92 Å². The number of halogens is 2. The van der Waals surface area contributed by atoms with Crippen molar-refractivity contribution < 1.29 is 18.6 Å². The van der Waals surface area contributed by atoms with Gasteiger partial charge in [0.05, 0.1) is 6.61 Å². The van der Waals surface area contributed by atoms with Gasteiger partial charge in [0.15, 0.2) is 0 Å². The number of alkyl halides is 2. The third-order valence-corrected chi connectivity index (χ3v) is 1.80. The van der Waals surface area contributed by atoms with Crippen molar-refractivity contribution in [1.82, 2.24) is 0 Å². The highest BCUT2D eigenvalue weighted by Crippen LogP contribution is 2.30. The molecule has 0 radical (unpaired) electrons. The maximum absolute atomic E-state index is 12.8. The molecule has 66 valence electrons. The first-order chi connectivity index (χ1) is 5.09. The van der Waals surface area contributed by atoms with E-state index < -0.39 is 18.1 Å². The van der Waals surface area contributed by atoms with Gasteiger partial charge in [-0.25, -0.2) is 8.78 Å². The van der Waals surface area contributed by atoms with Crippen LogP contribution in [0.3, 0.4) is 0 Å². The van der Waals surface area contributed by atoms with E-state index in [1.165, 1.54) is 0 Å². The molecule has 0 amide bonds. The summed E-state index contributed by atoms with van der Waals surface area (Å²) in [5, 5.41) is 8.85. The summed E-state index contributed by atoms with van der Waals surface area (Å²) in [6.45, 7) is -0.108. The van der Waals surface area contributed by atoms with Gasteiger partial charge in [-0.2, -0.15) is 0 Å². The maximum atomic E-state index is 12.8. The molecule has 0 aromatic heterocycles. The zero-order valence-corrected chi connectivity index (χ0v) is 5.96. The minimum absolute atomic E-state index is 0.0243. The maximum Gasteiger partial charge on any atom is 0.300 e. The van der Waals surface area contributed by atoms with Crippen molar-refractivity contribution in [3.63, 3.8) is 0 Å². The molecule has 2 unspecified atom stereocenters. The fourth-order valence-electron chi connectivity index (χ4n) is 1.07. The van der Waals surface area contributed by atoms with Crippen LogP contribution in [-0.4, -0.2) is 36.4 Å². The molecule has 0 bridgehead atoms. The average molecular weight is 167 g/mol. The van der Waals surface area contributed by atoms with Gasteiger partial charge in [0, 0.05) is 13.0 Å². The first kappa shape index (κ1) is 8.83. The Bertz CT molecular complexity index is 143. The molecular formula is C6H11F2NO2. The van der Waals surface area contributed by atoms with Gasteiger partial charge < -0.3 is 15.6 Å². The third-order valence-electron chi connectivity index (χ3n) is 1.80. The van der Waals surface area contributed by atoms with E-state index in [0.717, 1.165) is 0 Å². The largest absolute Gasteiger partial charge is 0.387 e. The molecule has 0 saturated carbocycles. The lowest BCUT2D eigenvalue weighted by Gasteiger charge is -2.34. The van der Waals surface area contributed by atoms with Gasteiger partial charge in [0.1, 0.15) is 12.2 Å². The van der Waals surface area contributed by atoms with E-state index in [1.807, 2.05) is 0 Å². The zero-order valence-electron chi connectivity index (χ0n) is 5.96. The van der Waals surface area contributed by atoms with Gasteiger partial charge in [-0.1, -0.05) is 0 Å². The van der Waals surface area contributed by atoms with Crippen LogP contribution in [-0.2, 0) is 4.74 Å². The minimum atomic E-state index is -3.19. The Morgan fingerprint density at radius 1 is 1.64 bits per heavy atom. The number of rotatable bonds is 1. The van der Waals surface area contributed by atoms with Crippen LogP contribution in [0.1, 0.15) is 6.42 Å². The molecule has 5 heteroatoms. The predicted molar refractivity (Wildman–Crippen MR) is 34.4 cm³/mol. The average Bonchev–Trinajstić information content (AvgIpc) is 1.95. The van der Waals surface area contributed by atoms with Gasteiger partial charge in [-0.05, 0) is 0 Å². The summed E-state index contributed by atoms with van der Waals surface area (Å²) in [4.78, 5) is 0. The molecule has 3 N–H and O–H groups in total. The van der Waals surface area contributed by atoms with Crippen molar-refractivity contribution in [2.45, 2.75) is 24.6 Å². The van der Waals surface area contributed by atoms with Crippen LogP contribution < -0.4 is 5.73 Å². The van der Waals surface area contributed by atoms with Gasteiger partial charge in [-0.3, -0.25) is 0 Å². The van der Waals surface area contributed by atoms with Crippen molar-refractivity contribution in [1.29, 1.82) is 0 Å². The molecule has 1 rings (SSSR count). The van der Waals surface area contributed by atoms with Crippen LogP contribution in [0.15, 0.2) is 0 Å². The molecule has 1 aliphatic rings. The van der Waals surface area contributed by atoms with E-state index in [1.54, 1.807) is 0 Å². The summed E-state index contributed by atoms with van der Waals surface area (Å²) in [5.74, 6) is -3.19. The fourth-order valence-corrected chi connectivity index (χ4v) is 1.07. The van der Waals surface area contributed by atoms with Crippen LogP contribution in [0, 0.1) is 0 Å². The summed E-state index contributed by atoms with van der Waals surface area (Å²) in [5.41, 5.74) is 5.02. The zero-order chi connectivity index (χ0) is 8.48. The van der Waals surface area contributed by atoms with Gasteiger partial charge in [-0.15, -0.1) is 0 Å². The Hall–Kier alpha value is -0.260. The van der Waals surface area contributed by atoms with Gasteiger partial charge in [0.2, 0.25) is 0 Å². The normalized spacial score (nSPS) is 37.1. The van der Waals surface area contributed by atoms with Crippen molar-refractivity contribution in [3.05, 3.63) is 0 Å². The van der Waals surface area contributed by atoms with E-state index in [2.05, 4.69) is 4.74 Å². The van der Waals surface area contributed by atoms with Crippen LogP contribution >= 0.6 is 0 Å². The quantitative estimate of drug-likeness (QED) is 0.565. The SMILES string of the molecule is NCC1OCCC(O)C1(F)F. The van der Waals surface area contributed by atoms with Crippen molar-refractivity contribution in [2.75, 3.05) is 13.2 Å². The van der Waals surface area contributed by atoms with E-state index in [9.17, 15) is 8.78 Å². The Morgan fingerprint density at radius 2 is 2.27 bits per heavy atom. The molecule has 0 aromatic carbocycles. The number of nitrogens with two attached hydrogens (primary N) is 1. The standard InChI is InChI=1S/C6H11F2NO2/c7-6(8)4(10)1-2-11-5(6)3-9/h4-5,10H,1-3,9H2. The Balaban J connectivity index is 2.64. The molecule has 1 fully saturated rings. The molecule has 0 aliphatic carbocycles. The highest BCUT2D eigenvalue weighted by Gasteiger charge is 2.49. The monoisotopic (exact) mass is 167 g/mol. The second kappa shape index (κ2) is 3.00. The highest BCUT2D eigenvalue weighted by molar-refractivity contribution is 4.89. The molecule has 2 atom stereocenters. The Kier molecular flexibility index (Phi) is 2.41. The summed E-state index contributed by atoms with van der Waals surface area (Å²) in [6.07, 6.45) is -2.96. The molecule has 1 aliphatic heterocycles. The van der Waals surface area contributed by atoms with Crippen molar-refractivity contribution in [3.8, 4) is 0 Å². The lowest BCUT2D eigenvalue weighted by atomic mass is 10.0. The van der Waals surface area contributed by atoms with Crippen molar-refractivity contribution >= 4 is 0 Å². The number of aliphatic hydroxyl groups excluding tert-OH is 1. The molecule has 1 saturated heterocycles. The predicted octanol–water partition coefficient (Wildman–Crippen LogP) is -0.270. The first-order valence-corrected chi connectivity index (χ1v) is 3.46. The number of hydrogen-bond acceptors (Lipinski definition) is 3. The minimum Gasteiger partial charge on any atom is -0.387 e. The van der Waals surface area contributed by atoms with Crippen LogP contribution in [0.2, 0.25) is 0 Å². The fraction of sp³-hybridized carbons (Fsp3) is 1.00. The third kappa shape index (κ3) is 1.50. The Morgan fingerprint density at radius 3 is 2.73 bits per heavy atom. The molecule has 3 nitrogen and oxygen atoms in total. The second-order valence-electron chi connectivity index (χ2n) is 2.57. The van der Waals surface area contributed by atoms with Gasteiger partial charge >= 0.3 is 0 Å².